The molecule has 0 aliphatic heterocycles. The summed E-state index contributed by atoms with van der Waals surface area (Å²) in [7, 11) is 0. The van der Waals surface area contributed by atoms with Gasteiger partial charge in [0.25, 0.3) is 0 Å². The molecule has 0 saturated heterocycles. The van der Waals surface area contributed by atoms with Gasteiger partial charge in [-0.15, -0.1) is 11.8 Å². The lowest BCUT2D eigenvalue weighted by atomic mass is 10.0. The number of carboxylic acids is 1. The lowest BCUT2D eigenvalue weighted by Crippen LogP contribution is -1.98. The smallest absolute Gasteiger partial charge is 0.336 e. The molecule has 0 aliphatic rings. The normalized spacial score (nSPS) is 12.8. The lowest BCUT2D eigenvalue weighted by molar-refractivity contribution is 0.0693. The first-order valence-electron chi connectivity index (χ1n) is 10.8. The number of carboxylic acid groups (broad SMARTS) is 1. The lowest BCUT2D eigenvalue weighted by Gasteiger charge is -2.05. The molecule has 0 radical (unpaired) electrons. The highest BCUT2D eigenvalue weighted by Gasteiger charge is 2.08. The summed E-state index contributed by atoms with van der Waals surface area (Å²) in [6.45, 7) is 10.9. The number of benzene rings is 1. The van der Waals surface area contributed by atoms with Crippen LogP contribution in [0.2, 0.25) is 0 Å². The van der Waals surface area contributed by atoms with Crippen molar-refractivity contribution in [3.05, 3.63) is 76.4 Å². The maximum atomic E-state index is 11.3. The summed E-state index contributed by atoms with van der Waals surface area (Å²) in [4.78, 5) is 12.1. The molecule has 0 aromatic heterocycles. The number of thioether (sulfide) groups is 1. The van der Waals surface area contributed by atoms with E-state index < -0.39 is 5.97 Å². The minimum absolute atomic E-state index is 0.383. The molecule has 0 aliphatic carbocycles. The molecule has 164 valence electrons. The second-order valence-corrected chi connectivity index (χ2v) is 9.22. The second-order valence-electron chi connectivity index (χ2n) is 8.16. The van der Waals surface area contributed by atoms with Crippen LogP contribution in [0.4, 0.5) is 0 Å². The fourth-order valence-corrected chi connectivity index (χ4v) is 4.06. The largest absolute Gasteiger partial charge is 0.478 e. The van der Waals surface area contributed by atoms with Gasteiger partial charge in [-0.1, -0.05) is 58.7 Å². The minimum atomic E-state index is -0.864. The Morgan fingerprint density at radius 2 is 1.30 bits per heavy atom. The zero-order valence-electron chi connectivity index (χ0n) is 19.3. The Bertz CT molecular complexity index is 793. The molecule has 1 N–H and O–H groups in total. The molecule has 1 aromatic rings. The number of allylic oxidation sites excluding steroid dienone is 7. The Labute approximate surface area is 187 Å². The van der Waals surface area contributed by atoms with Gasteiger partial charge in [-0.2, -0.15) is 0 Å². The van der Waals surface area contributed by atoms with Gasteiger partial charge < -0.3 is 5.11 Å². The Hall–Kier alpha value is -2.00. The number of carbonyl (C=O) groups is 1. The van der Waals surface area contributed by atoms with E-state index in [1.807, 2.05) is 12.1 Å². The Balaban J connectivity index is 2.33. The van der Waals surface area contributed by atoms with Crippen molar-refractivity contribution in [2.45, 2.75) is 78.0 Å². The molecule has 0 heterocycles. The molecule has 0 saturated carbocycles. The summed E-state index contributed by atoms with van der Waals surface area (Å²) in [5, 5.41) is 9.25. The van der Waals surface area contributed by atoms with Crippen LogP contribution in [-0.2, 0) is 0 Å². The minimum Gasteiger partial charge on any atom is -0.478 e. The molecule has 2 nitrogen and oxygen atoms in total. The van der Waals surface area contributed by atoms with Crippen molar-refractivity contribution in [3.8, 4) is 0 Å². The molecule has 1 aromatic carbocycles. The third-order valence-corrected chi connectivity index (χ3v) is 5.94. The predicted molar refractivity (Wildman–Crippen MR) is 133 cm³/mol. The first-order valence-corrected chi connectivity index (χ1v) is 11.8. The highest BCUT2D eigenvalue weighted by atomic mass is 32.2. The van der Waals surface area contributed by atoms with Crippen molar-refractivity contribution in [2.75, 3.05) is 5.75 Å². The van der Waals surface area contributed by atoms with E-state index in [1.54, 1.807) is 23.9 Å². The van der Waals surface area contributed by atoms with Crippen molar-refractivity contribution in [3.63, 3.8) is 0 Å². The molecule has 0 bridgehead atoms. The topological polar surface area (TPSA) is 37.3 Å². The van der Waals surface area contributed by atoms with E-state index in [0.29, 0.717) is 5.56 Å². The maximum Gasteiger partial charge on any atom is 0.336 e. The van der Waals surface area contributed by atoms with Crippen molar-refractivity contribution < 1.29 is 9.90 Å². The quantitative estimate of drug-likeness (QED) is 0.253. The summed E-state index contributed by atoms with van der Waals surface area (Å²) in [5.41, 5.74) is 6.08. The van der Waals surface area contributed by atoms with E-state index in [4.69, 9.17) is 0 Å². The Morgan fingerprint density at radius 1 is 0.800 bits per heavy atom. The predicted octanol–water partition coefficient (Wildman–Crippen LogP) is 8.62. The molecule has 0 amide bonds. The third-order valence-electron chi connectivity index (χ3n) is 4.94. The van der Waals surface area contributed by atoms with Crippen LogP contribution in [0.3, 0.4) is 0 Å². The van der Waals surface area contributed by atoms with E-state index >= 15 is 0 Å². The molecule has 30 heavy (non-hydrogen) atoms. The maximum absolute atomic E-state index is 11.3. The fraction of sp³-hybridized carbons (Fsp3) is 0.444. The van der Waals surface area contributed by atoms with Gasteiger partial charge in [0.1, 0.15) is 0 Å². The monoisotopic (exact) mass is 426 g/mol. The summed E-state index contributed by atoms with van der Waals surface area (Å²) in [5.74, 6) is -0.0623. The molecular formula is C27H38O2S. The van der Waals surface area contributed by atoms with E-state index in [0.717, 1.165) is 49.2 Å². The number of hydrogen-bond acceptors (Lipinski definition) is 2. The first kappa shape index (κ1) is 26.0. The zero-order valence-corrected chi connectivity index (χ0v) is 20.1. The first-order chi connectivity index (χ1) is 14.3. The van der Waals surface area contributed by atoms with Crippen molar-refractivity contribution in [1.29, 1.82) is 0 Å². The van der Waals surface area contributed by atoms with Crippen LogP contribution in [0.5, 0.6) is 0 Å². The molecule has 0 fully saturated rings. The van der Waals surface area contributed by atoms with Crippen LogP contribution >= 0.6 is 11.8 Å². The molecular weight excluding hydrogens is 388 g/mol. The SMILES string of the molecule is CC(C)=CCC/C(C)=C/CC/C(C)=C\CC/C(C)=C/CSc1ccccc1C(=O)O. The van der Waals surface area contributed by atoms with Crippen LogP contribution < -0.4 is 0 Å². The molecule has 3 heteroatoms. The highest BCUT2D eigenvalue weighted by molar-refractivity contribution is 7.99. The summed E-state index contributed by atoms with van der Waals surface area (Å²) in [6, 6.07) is 7.19. The Morgan fingerprint density at radius 3 is 1.83 bits per heavy atom. The average Bonchev–Trinajstić information content (AvgIpc) is 2.68. The van der Waals surface area contributed by atoms with Gasteiger partial charge in [0.2, 0.25) is 0 Å². The van der Waals surface area contributed by atoms with Crippen molar-refractivity contribution in [1.82, 2.24) is 0 Å². The summed E-state index contributed by atoms with van der Waals surface area (Å²) < 4.78 is 0. The van der Waals surface area contributed by atoms with Gasteiger partial charge >= 0.3 is 5.97 Å². The van der Waals surface area contributed by atoms with Crippen molar-refractivity contribution in [2.24, 2.45) is 0 Å². The fourth-order valence-electron chi connectivity index (χ4n) is 3.03. The van der Waals surface area contributed by atoms with Gasteiger partial charge in [0.05, 0.1) is 5.56 Å². The average molecular weight is 427 g/mol. The van der Waals surface area contributed by atoms with E-state index in [-0.39, 0.29) is 0 Å². The highest BCUT2D eigenvalue weighted by Crippen LogP contribution is 2.23. The van der Waals surface area contributed by atoms with Gasteiger partial charge in [-0.3, -0.25) is 0 Å². The van der Waals surface area contributed by atoms with E-state index in [1.165, 1.54) is 22.3 Å². The van der Waals surface area contributed by atoms with Crippen LogP contribution in [0.15, 0.2) is 75.8 Å². The van der Waals surface area contributed by atoms with Gasteiger partial charge in [0.15, 0.2) is 0 Å². The second kappa shape index (κ2) is 14.9. The number of rotatable bonds is 13. The van der Waals surface area contributed by atoms with Crippen LogP contribution in [-0.4, -0.2) is 16.8 Å². The molecule has 1 rings (SSSR count). The summed E-state index contributed by atoms with van der Waals surface area (Å²) >= 11 is 1.58. The van der Waals surface area contributed by atoms with Gasteiger partial charge in [0, 0.05) is 10.6 Å². The van der Waals surface area contributed by atoms with Gasteiger partial charge in [-0.25, -0.2) is 4.79 Å². The van der Waals surface area contributed by atoms with Crippen LogP contribution in [0.25, 0.3) is 0 Å². The van der Waals surface area contributed by atoms with E-state index in [2.05, 4.69) is 58.9 Å². The summed E-state index contributed by atoms with van der Waals surface area (Å²) in [6.07, 6.45) is 15.9. The van der Waals surface area contributed by atoms with Crippen LogP contribution in [0.1, 0.15) is 83.5 Å². The van der Waals surface area contributed by atoms with Crippen LogP contribution in [0, 0.1) is 0 Å². The molecule has 0 unspecified atom stereocenters. The molecule has 0 spiro atoms. The Kier molecular flexibility index (Phi) is 12.9. The standard InChI is InChI=1S/C27H38O2S/c1-21(2)11-8-12-22(3)13-9-14-23(4)15-10-16-24(5)19-20-30-26-18-7-6-17-25(26)27(28)29/h6-7,11,13,15,17-19H,8-10,12,14,16,20H2,1-5H3,(H,28,29)/b22-13+,23-15-,24-19+. The zero-order chi connectivity index (χ0) is 22.4. The number of aromatic carboxylic acids is 1. The van der Waals surface area contributed by atoms with Crippen molar-refractivity contribution >= 4 is 17.7 Å². The number of hydrogen-bond donors (Lipinski definition) is 1. The third kappa shape index (κ3) is 11.9. The van der Waals surface area contributed by atoms with E-state index in [9.17, 15) is 9.90 Å². The molecule has 0 atom stereocenters. The van der Waals surface area contributed by atoms with Gasteiger partial charge in [-0.05, 0) is 85.3 Å².